The van der Waals surface area contributed by atoms with Crippen molar-refractivity contribution >= 4 is 50.8 Å². The van der Waals surface area contributed by atoms with E-state index >= 15 is 0 Å². The molecule has 1 aromatic carbocycles. The van der Waals surface area contributed by atoms with E-state index in [-0.39, 0.29) is 11.9 Å². The molecule has 3 aromatic rings. The van der Waals surface area contributed by atoms with Crippen LogP contribution >= 0.6 is 34.7 Å². The van der Waals surface area contributed by atoms with Crippen molar-refractivity contribution in [2.24, 2.45) is 0 Å². The first kappa shape index (κ1) is 17.2. The van der Waals surface area contributed by atoms with Crippen LogP contribution in [0.3, 0.4) is 0 Å². The van der Waals surface area contributed by atoms with Crippen molar-refractivity contribution in [1.29, 1.82) is 0 Å². The fourth-order valence-electron chi connectivity index (χ4n) is 2.30. The van der Waals surface area contributed by atoms with E-state index in [0.29, 0.717) is 10.8 Å². The normalized spacial score (nSPS) is 11.2. The second-order valence-electron chi connectivity index (χ2n) is 5.53. The number of hydrogen-bond acceptors (Lipinski definition) is 5. The van der Waals surface area contributed by atoms with E-state index in [1.54, 1.807) is 17.7 Å². The molecule has 4 nitrogen and oxygen atoms in total. The number of nitrogens with zero attached hydrogens (tertiary/aromatic N) is 2. The van der Waals surface area contributed by atoms with Gasteiger partial charge in [0.05, 0.1) is 11.1 Å². The van der Waals surface area contributed by atoms with Gasteiger partial charge in [0.1, 0.15) is 16.2 Å². The Hall–Kier alpha value is -1.63. The zero-order valence-electron chi connectivity index (χ0n) is 13.2. The van der Waals surface area contributed by atoms with Crippen LogP contribution in [0.4, 0.5) is 0 Å². The first-order valence-electron chi connectivity index (χ1n) is 7.45. The number of halogens is 1. The molecule has 124 valence electrons. The molecule has 0 saturated heterocycles. The summed E-state index contributed by atoms with van der Waals surface area (Å²) in [6.45, 7) is 3.89. The Balaban J connectivity index is 1.92. The van der Waals surface area contributed by atoms with Crippen LogP contribution in [0.5, 0.6) is 0 Å². The van der Waals surface area contributed by atoms with E-state index in [4.69, 9.17) is 11.6 Å². The molecule has 0 unspecified atom stereocenters. The monoisotopic (exact) mass is 377 g/mol. The molecule has 0 aliphatic rings. The molecule has 0 aliphatic carbocycles. The lowest BCUT2D eigenvalue weighted by Crippen LogP contribution is -2.31. The smallest absolute Gasteiger partial charge is 0.230 e. The average Bonchev–Trinajstić information content (AvgIpc) is 2.97. The molecule has 0 bridgehead atoms. The molecule has 0 spiro atoms. The highest BCUT2D eigenvalue weighted by atomic mass is 35.5. The third-order valence-electron chi connectivity index (χ3n) is 3.28. The van der Waals surface area contributed by atoms with Crippen molar-refractivity contribution in [2.75, 3.05) is 5.75 Å². The van der Waals surface area contributed by atoms with Crippen LogP contribution in [-0.2, 0) is 4.79 Å². The van der Waals surface area contributed by atoms with Crippen LogP contribution in [0.2, 0.25) is 5.02 Å². The molecule has 2 aromatic heterocycles. The van der Waals surface area contributed by atoms with Crippen LogP contribution in [0, 0.1) is 0 Å². The maximum atomic E-state index is 11.9. The zero-order chi connectivity index (χ0) is 17.1. The Morgan fingerprint density at radius 1 is 1.29 bits per heavy atom. The minimum absolute atomic E-state index is 0.00466. The largest absolute Gasteiger partial charge is 0.353 e. The Kier molecular flexibility index (Phi) is 5.38. The highest BCUT2D eigenvalue weighted by Gasteiger charge is 2.15. The molecule has 0 saturated carbocycles. The molecule has 0 aliphatic heterocycles. The number of rotatable bonds is 5. The Morgan fingerprint density at radius 3 is 2.75 bits per heavy atom. The fraction of sp³-hybridized carbons (Fsp3) is 0.235. The van der Waals surface area contributed by atoms with Crippen molar-refractivity contribution < 1.29 is 4.79 Å². The molecule has 3 rings (SSSR count). The van der Waals surface area contributed by atoms with Gasteiger partial charge in [0.25, 0.3) is 0 Å². The van der Waals surface area contributed by atoms with Gasteiger partial charge < -0.3 is 5.32 Å². The summed E-state index contributed by atoms with van der Waals surface area (Å²) >= 11 is 8.99. The minimum Gasteiger partial charge on any atom is -0.353 e. The Morgan fingerprint density at radius 2 is 2.04 bits per heavy atom. The maximum absolute atomic E-state index is 11.9. The number of hydrogen-bond donors (Lipinski definition) is 1. The van der Waals surface area contributed by atoms with Gasteiger partial charge in [-0.1, -0.05) is 35.5 Å². The number of carbonyl (C=O) groups excluding carboxylic acids is 1. The lowest BCUT2D eigenvalue weighted by molar-refractivity contribution is -0.119. The number of thiophene rings is 1. The molecule has 7 heteroatoms. The maximum Gasteiger partial charge on any atom is 0.230 e. The number of benzene rings is 1. The zero-order valence-corrected chi connectivity index (χ0v) is 15.6. The number of carbonyl (C=O) groups is 1. The molecule has 1 N–H and O–H groups in total. The molecular weight excluding hydrogens is 362 g/mol. The summed E-state index contributed by atoms with van der Waals surface area (Å²) in [5, 5.41) is 7.48. The first-order chi connectivity index (χ1) is 11.5. The van der Waals surface area contributed by atoms with Gasteiger partial charge in [-0.05, 0) is 31.5 Å². The van der Waals surface area contributed by atoms with Gasteiger partial charge in [0, 0.05) is 22.0 Å². The highest BCUT2D eigenvalue weighted by molar-refractivity contribution is 8.00. The van der Waals surface area contributed by atoms with Gasteiger partial charge in [-0.3, -0.25) is 4.79 Å². The molecule has 0 radical (unpaired) electrons. The van der Waals surface area contributed by atoms with Gasteiger partial charge in [0.2, 0.25) is 5.91 Å². The quantitative estimate of drug-likeness (QED) is 0.520. The summed E-state index contributed by atoms with van der Waals surface area (Å²) in [5.41, 5.74) is 2.13. The van der Waals surface area contributed by atoms with Crippen molar-refractivity contribution in [3.63, 3.8) is 0 Å². The topological polar surface area (TPSA) is 54.9 Å². The van der Waals surface area contributed by atoms with E-state index in [0.717, 1.165) is 26.4 Å². The fourth-order valence-corrected chi connectivity index (χ4v) is 4.23. The lowest BCUT2D eigenvalue weighted by Gasteiger charge is -2.08. The second kappa shape index (κ2) is 7.51. The van der Waals surface area contributed by atoms with Gasteiger partial charge >= 0.3 is 0 Å². The molecule has 1 amide bonds. The predicted molar refractivity (Wildman–Crippen MR) is 102 cm³/mol. The summed E-state index contributed by atoms with van der Waals surface area (Å²) in [5.74, 6) is 0.338. The number of aromatic nitrogens is 2. The molecular formula is C17H16ClN3OS2. The summed E-state index contributed by atoms with van der Waals surface area (Å²) in [6.07, 6.45) is 1.55. The van der Waals surface area contributed by atoms with E-state index < -0.39 is 0 Å². The van der Waals surface area contributed by atoms with Crippen LogP contribution in [0.25, 0.3) is 21.3 Å². The van der Waals surface area contributed by atoms with E-state index in [9.17, 15) is 4.79 Å². The molecule has 24 heavy (non-hydrogen) atoms. The second-order valence-corrected chi connectivity index (χ2v) is 7.78. The minimum atomic E-state index is 0.00466. The molecule has 0 fully saturated rings. The standard InChI is InChI=1S/C17H16ClN3OS2/c1-10(2)21-14(22)8-24-17-15-13(7-23-16(15)19-9-20-17)11-3-5-12(18)6-4-11/h3-7,9-10H,8H2,1-2H3,(H,21,22). The van der Waals surface area contributed by atoms with Gasteiger partial charge in [-0.2, -0.15) is 0 Å². The summed E-state index contributed by atoms with van der Waals surface area (Å²) in [4.78, 5) is 21.6. The number of amides is 1. The molecule has 2 heterocycles. The third kappa shape index (κ3) is 3.88. The van der Waals surface area contributed by atoms with Gasteiger partial charge in [-0.15, -0.1) is 11.3 Å². The van der Waals surface area contributed by atoms with Gasteiger partial charge in [-0.25, -0.2) is 9.97 Å². The van der Waals surface area contributed by atoms with E-state index in [1.807, 2.05) is 38.1 Å². The van der Waals surface area contributed by atoms with Crippen molar-refractivity contribution in [1.82, 2.24) is 15.3 Å². The van der Waals surface area contributed by atoms with E-state index in [2.05, 4.69) is 20.7 Å². The van der Waals surface area contributed by atoms with Crippen LogP contribution in [0.15, 0.2) is 41.0 Å². The van der Waals surface area contributed by atoms with Crippen molar-refractivity contribution in [3.05, 3.63) is 41.0 Å². The predicted octanol–water partition coefficient (Wildman–Crippen LogP) is 4.63. The SMILES string of the molecule is CC(C)NC(=O)CSc1ncnc2scc(-c3ccc(Cl)cc3)c12. The molecule has 0 atom stereocenters. The average molecular weight is 378 g/mol. The van der Waals surface area contributed by atoms with Crippen molar-refractivity contribution in [2.45, 2.75) is 24.9 Å². The number of nitrogens with one attached hydrogen (secondary N) is 1. The summed E-state index contributed by atoms with van der Waals surface area (Å²) in [7, 11) is 0. The lowest BCUT2D eigenvalue weighted by atomic mass is 10.1. The third-order valence-corrected chi connectivity index (χ3v) is 5.41. The summed E-state index contributed by atoms with van der Waals surface area (Å²) < 4.78 is 0. The van der Waals surface area contributed by atoms with Crippen LogP contribution in [0.1, 0.15) is 13.8 Å². The Labute approximate surface area is 153 Å². The van der Waals surface area contributed by atoms with Crippen LogP contribution in [-0.4, -0.2) is 27.7 Å². The van der Waals surface area contributed by atoms with Crippen LogP contribution < -0.4 is 5.32 Å². The number of fused-ring (bicyclic) bond motifs is 1. The number of thioether (sulfide) groups is 1. The van der Waals surface area contributed by atoms with Gasteiger partial charge in [0.15, 0.2) is 0 Å². The van der Waals surface area contributed by atoms with E-state index in [1.165, 1.54) is 11.8 Å². The Bertz CT molecular complexity index is 862. The summed E-state index contributed by atoms with van der Waals surface area (Å²) in [6, 6.07) is 7.84. The first-order valence-corrected chi connectivity index (χ1v) is 9.69. The van der Waals surface area contributed by atoms with Crippen molar-refractivity contribution in [3.8, 4) is 11.1 Å². The highest BCUT2D eigenvalue weighted by Crippen LogP contribution is 2.38.